The van der Waals surface area contributed by atoms with Gasteiger partial charge in [-0.25, -0.2) is 9.37 Å². The molecule has 0 aliphatic rings. The standard InChI is InChI=1S/C21H23FN2O3/c1-14(25-2)13-24-10-9-23-21(24)18-12-16(26-3)6-7-17(18)15-5-8-20(27-4)19(22)11-15/h5-12,14H,13H2,1-4H3. The maximum absolute atomic E-state index is 14.3. The average molecular weight is 370 g/mol. The summed E-state index contributed by atoms with van der Waals surface area (Å²) in [6.45, 7) is 2.65. The Morgan fingerprint density at radius 2 is 1.85 bits per heavy atom. The van der Waals surface area contributed by atoms with Crippen LogP contribution in [-0.4, -0.2) is 37.0 Å². The van der Waals surface area contributed by atoms with Gasteiger partial charge in [-0.15, -0.1) is 0 Å². The van der Waals surface area contributed by atoms with Gasteiger partial charge in [0.25, 0.3) is 0 Å². The summed E-state index contributed by atoms with van der Waals surface area (Å²) in [6, 6.07) is 10.6. The van der Waals surface area contributed by atoms with Crippen molar-refractivity contribution in [3.63, 3.8) is 0 Å². The Morgan fingerprint density at radius 1 is 1.04 bits per heavy atom. The monoisotopic (exact) mass is 370 g/mol. The van der Waals surface area contributed by atoms with Gasteiger partial charge in [0, 0.05) is 25.1 Å². The maximum Gasteiger partial charge on any atom is 0.165 e. The van der Waals surface area contributed by atoms with Crippen molar-refractivity contribution >= 4 is 0 Å². The quantitative estimate of drug-likeness (QED) is 0.618. The molecular formula is C21H23FN2O3. The Hall–Kier alpha value is -2.86. The summed E-state index contributed by atoms with van der Waals surface area (Å²) >= 11 is 0. The zero-order chi connectivity index (χ0) is 19.4. The van der Waals surface area contributed by atoms with Crippen molar-refractivity contribution in [1.29, 1.82) is 0 Å². The minimum Gasteiger partial charge on any atom is -0.497 e. The van der Waals surface area contributed by atoms with E-state index in [9.17, 15) is 4.39 Å². The first kappa shape index (κ1) is 18.9. The van der Waals surface area contributed by atoms with Gasteiger partial charge in [-0.1, -0.05) is 6.07 Å². The average Bonchev–Trinajstić information content (AvgIpc) is 3.15. The fourth-order valence-corrected chi connectivity index (χ4v) is 2.97. The molecule has 0 saturated heterocycles. The van der Waals surface area contributed by atoms with Crippen LogP contribution in [0.4, 0.5) is 4.39 Å². The minimum absolute atomic E-state index is 0.0328. The lowest BCUT2D eigenvalue weighted by Crippen LogP contribution is -2.15. The predicted octanol–water partition coefficient (Wildman–Crippen LogP) is 4.41. The van der Waals surface area contributed by atoms with Crippen molar-refractivity contribution < 1.29 is 18.6 Å². The lowest BCUT2D eigenvalue weighted by Gasteiger charge is -2.16. The molecule has 0 spiro atoms. The molecule has 0 amide bonds. The van der Waals surface area contributed by atoms with Gasteiger partial charge in [0.15, 0.2) is 11.6 Å². The number of methoxy groups -OCH3 is 3. The van der Waals surface area contributed by atoms with E-state index in [-0.39, 0.29) is 11.9 Å². The minimum atomic E-state index is -0.409. The normalized spacial score (nSPS) is 12.0. The summed E-state index contributed by atoms with van der Waals surface area (Å²) in [6.07, 6.45) is 3.68. The van der Waals surface area contributed by atoms with Gasteiger partial charge in [0.1, 0.15) is 11.6 Å². The molecule has 1 atom stereocenters. The lowest BCUT2D eigenvalue weighted by molar-refractivity contribution is 0.103. The molecule has 0 aliphatic heterocycles. The Balaban J connectivity index is 2.13. The Kier molecular flexibility index (Phi) is 5.76. The summed E-state index contributed by atoms with van der Waals surface area (Å²) < 4.78 is 32.1. The third kappa shape index (κ3) is 3.95. The molecule has 1 aromatic heterocycles. The molecule has 3 rings (SSSR count). The first-order valence-electron chi connectivity index (χ1n) is 8.63. The van der Waals surface area contributed by atoms with Crippen LogP contribution in [0.5, 0.6) is 11.5 Å². The zero-order valence-electron chi connectivity index (χ0n) is 15.9. The largest absolute Gasteiger partial charge is 0.497 e. The van der Waals surface area contributed by atoms with Gasteiger partial charge >= 0.3 is 0 Å². The van der Waals surface area contributed by atoms with Crippen LogP contribution in [0.15, 0.2) is 48.8 Å². The molecule has 3 aromatic rings. The molecule has 0 bridgehead atoms. The summed E-state index contributed by atoms with van der Waals surface area (Å²) in [5, 5.41) is 0. The fourth-order valence-electron chi connectivity index (χ4n) is 2.97. The summed E-state index contributed by atoms with van der Waals surface area (Å²) in [4.78, 5) is 4.52. The zero-order valence-corrected chi connectivity index (χ0v) is 15.9. The molecule has 1 unspecified atom stereocenters. The van der Waals surface area contributed by atoms with E-state index in [1.54, 1.807) is 26.5 Å². The van der Waals surface area contributed by atoms with Crippen LogP contribution in [0.3, 0.4) is 0 Å². The van der Waals surface area contributed by atoms with Gasteiger partial charge in [-0.05, 0) is 48.4 Å². The van der Waals surface area contributed by atoms with Crippen molar-refractivity contribution in [2.24, 2.45) is 0 Å². The second kappa shape index (κ2) is 8.22. The van der Waals surface area contributed by atoms with E-state index in [1.165, 1.54) is 13.2 Å². The van der Waals surface area contributed by atoms with Crippen LogP contribution >= 0.6 is 0 Å². The van der Waals surface area contributed by atoms with Gasteiger partial charge in [0.2, 0.25) is 0 Å². The SMILES string of the molecule is COc1ccc(-c2ccc(OC)c(F)c2)c(-c2nccn2CC(C)OC)c1. The number of imidazole rings is 1. The van der Waals surface area contributed by atoms with Gasteiger partial charge in [-0.2, -0.15) is 0 Å². The highest BCUT2D eigenvalue weighted by Gasteiger charge is 2.16. The summed E-state index contributed by atoms with van der Waals surface area (Å²) in [5.74, 6) is 1.28. The summed E-state index contributed by atoms with van der Waals surface area (Å²) in [5.41, 5.74) is 2.45. The van der Waals surface area contributed by atoms with E-state index >= 15 is 0 Å². The van der Waals surface area contributed by atoms with E-state index in [4.69, 9.17) is 14.2 Å². The van der Waals surface area contributed by atoms with Crippen LogP contribution in [0, 0.1) is 5.82 Å². The molecule has 0 saturated carbocycles. The van der Waals surface area contributed by atoms with E-state index < -0.39 is 5.82 Å². The molecule has 27 heavy (non-hydrogen) atoms. The highest BCUT2D eigenvalue weighted by Crippen LogP contribution is 2.36. The number of benzene rings is 2. The molecule has 142 valence electrons. The smallest absolute Gasteiger partial charge is 0.165 e. The molecule has 5 nitrogen and oxygen atoms in total. The fraction of sp³-hybridized carbons (Fsp3) is 0.286. The number of nitrogens with zero attached hydrogens (tertiary/aromatic N) is 2. The van der Waals surface area contributed by atoms with Gasteiger partial charge in [0.05, 0.1) is 26.9 Å². The van der Waals surface area contributed by atoms with Crippen molar-refractivity contribution in [2.45, 2.75) is 19.6 Å². The molecule has 2 aromatic carbocycles. The maximum atomic E-state index is 14.3. The lowest BCUT2D eigenvalue weighted by atomic mass is 9.98. The second-order valence-corrected chi connectivity index (χ2v) is 6.21. The molecule has 0 N–H and O–H groups in total. The number of halogens is 1. The third-order valence-electron chi connectivity index (χ3n) is 4.50. The van der Waals surface area contributed by atoms with E-state index in [2.05, 4.69) is 4.98 Å². The molecule has 1 heterocycles. The van der Waals surface area contributed by atoms with Gasteiger partial charge in [-0.3, -0.25) is 0 Å². The Morgan fingerprint density at radius 3 is 2.52 bits per heavy atom. The van der Waals surface area contributed by atoms with Crippen LogP contribution in [0.25, 0.3) is 22.5 Å². The molecule has 0 fully saturated rings. The van der Waals surface area contributed by atoms with Crippen molar-refractivity contribution in [3.8, 4) is 34.0 Å². The Bertz CT molecular complexity index is 924. The molecular weight excluding hydrogens is 347 g/mol. The first-order valence-corrected chi connectivity index (χ1v) is 8.63. The number of rotatable bonds is 7. The van der Waals surface area contributed by atoms with Crippen LogP contribution < -0.4 is 9.47 Å². The summed E-state index contributed by atoms with van der Waals surface area (Å²) in [7, 11) is 4.74. The second-order valence-electron chi connectivity index (χ2n) is 6.21. The number of hydrogen-bond donors (Lipinski definition) is 0. The number of hydrogen-bond acceptors (Lipinski definition) is 4. The first-order chi connectivity index (χ1) is 13.1. The molecule has 0 aliphatic carbocycles. The predicted molar refractivity (Wildman–Crippen MR) is 103 cm³/mol. The number of ether oxygens (including phenoxy) is 3. The number of aromatic nitrogens is 2. The van der Waals surface area contributed by atoms with Crippen LogP contribution in [-0.2, 0) is 11.3 Å². The highest BCUT2D eigenvalue weighted by molar-refractivity contribution is 5.82. The van der Waals surface area contributed by atoms with Crippen molar-refractivity contribution in [3.05, 3.63) is 54.6 Å². The van der Waals surface area contributed by atoms with E-state index in [0.717, 1.165) is 22.5 Å². The molecule has 0 radical (unpaired) electrons. The van der Waals surface area contributed by atoms with E-state index in [1.807, 2.05) is 42.0 Å². The van der Waals surface area contributed by atoms with Crippen LogP contribution in [0.2, 0.25) is 0 Å². The third-order valence-corrected chi connectivity index (χ3v) is 4.50. The van der Waals surface area contributed by atoms with Crippen LogP contribution in [0.1, 0.15) is 6.92 Å². The van der Waals surface area contributed by atoms with Gasteiger partial charge < -0.3 is 18.8 Å². The highest BCUT2D eigenvalue weighted by atomic mass is 19.1. The van der Waals surface area contributed by atoms with Crippen molar-refractivity contribution in [2.75, 3.05) is 21.3 Å². The Labute approximate surface area is 158 Å². The van der Waals surface area contributed by atoms with E-state index in [0.29, 0.717) is 12.3 Å². The topological polar surface area (TPSA) is 45.5 Å². The van der Waals surface area contributed by atoms with Crippen molar-refractivity contribution in [1.82, 2.24) is 9.55 Å². The molecule has 6 heteroatoms.